The summed E-state index contributed by atoms with van der Waals surface area (Å²) in [5, 5.41) is 0. The largest absolute Gasteiger partial charge is 0.462 e. The van der Waals surface area contributed by atoms with Gasteiger partial charge in [-0.05, 0) is 78.9 Å². The first-order chi connectivity index (χ1) is 12.3. The van der Waals surface area contributed by atoms with E-state index in [0.717, 1.165) is 36.0 Å². The third kappa shape index (κ3) is 0.790. The fourth-order valence-electron chi connectivity index (χ4n) is 12.5. The Hall–Kier alpha value is -0.610. The first kappa shape index (κ1) is 12.7. The molecule has 4 heteroatoms. The average molecular weight is 340 g/mol. The van der Waals surface area contributed by atoms with Gasteiger partial charge in [0.2, 0.25) is 0 Å². The van der Waals surface area contributed by atoms with Gasteiger partial charge in [-0.3, -0.25) is 4.79 Å². The molecule has 0 aromatic rings. The molecule has 0 radical (unpaired) electrons. The Kier molecular flexibility index (Phi) is 1.64. The van der Waals surface area contributed by atoms with Gasteiger partial charge in [0.15, 0.2) is 6.29 Å². The van der Waals surface area contributed by atoms with Crippen molar-refractivity contribution < 1.29 is 19.0 Å². The highest BCUT2D eigenvalue weighted by Gasteiger charge is 3.02. The van der Waals surface area contributed by atoms with Crippen LogP contribution in [0.25, 0.3) is 0 Å². The summed E-state index contributed by atoms with van der Waals surface area (Å²) < 4.78 is 19.0. The van der Waals surface area contributed by atoms with Crippen LogP contribution in [-0.2, 0) is 19.0 Å². The van der Waals surface area contributed by atoms with Crippen LogP contribution in [0.1, 0.15) is 25.7 Å². The van der Waals surface area contributed by atoms with E-state index in [2.05, 4.69) is 0 Å². The van der Waals surface area contributed by atoms with Gasteiger partial charge in [-0.2, -0.15) is 0 Å². The van der Waals surface area contributed by atoms with Crippen LogP contribution in [0.15, 0.2) is 0 Å². The molecule has 10 aliphatic rings. The second-order valence-corrected chi connectivity index (χ2v) is 10.9. The van der Waals surface area contributed by atoms with Crippen LogP contribution in [0.4, 0.5) is 0 Å². The van der Waals surface area contributed by atoms with Crippen molar-refractivity contribution in [3.63, 3.8) is 0 Å². The second kappa shape index (κ2) is 3.22. The molecule has 2 aliphatic heterocycles. The summed E-state index contributed by atoms with van der Waals surface area (Å²) in [4.78, 5) is 13.7. The van der Waals surface area contributed by atoms with Gasteiger partial charge in [0.25, 0.3) is 0 Å². The molecule has 0 aromatic carbocycles. The first-order valence-electron chi connectivity index (χ1n) is 10.7. The highest BCUT2D eigenvalue weighted by Crippen LogP contribution is 2.99. The molecule has 25 heavy (non-hydrogen) atoms. The Morgan fingerprint density at radius 3 is 2.44 bits per heavy atom. The number of esters is 1. The standard InChI is InChI=1S/C21H24O4/c1-23-19-21-15-7-2-4-8-10(7)16-13(15)12-14(20(16,21)18(22)24-8)6-3-5-9(25-19)11(6)17(12)21/h6-17,19H,2-5H2,1H3/t6-,7-,8+,9-,10+,11+,12+,13-,14+,15-,16-,17+,19+,20+,21+/m1/s1. The third-order valence-corrected chi connectivity index (χ3v) is 11.6. The minimum Gasteiger partial charge on any atom is -0.462 e. The lowest BCUT2D eigenvalue weighted by Gasteiger charge is -2.65. The molecular weight excluding hydrogens is 316 g/mol. The lowest BCUT2D eigenvalue weighted by Crippen LogP contribution is -2.72. The van der Waals surface area contributed by atoms with E-state index in [1.165, 1.54) is 19.3 Å². The summed E-state index contributed by atoms with van der Waals surface area (Å²) in [6, 6.07) is 0. The summed E-state index contributed by atoms with van der Waals surface area (Å²) in [7, 11) is 1.83. The van der Waals surface area contributed by atoms with Crippen LogP contribution >= 0.6 is 0 Å². The van der Waals surface area contributed by atoms with Gasteiger partial charge in [0, 0.05) is 18.4 Å². The minimum atomic E-state index is -0.225. The highest BCUT2D eigenvalue weighted by molar-refractivity contribution is 5.85. The zero-order valence-corrected chi connectivity index (χ0v) is 14.5. The maximum Gasteiger partial charge on any atom is 0.313 e. The average Bonchev–Trinajstić information content (AvgIpc) is 3.38. The third-order valence-electron chi connectivity index (χ3n) is 11.6. The number of rotatable bonds is 1. The number of methoxy groups -OCH3 is 1. The second-order valence-electron chi connectivity index (χ2n) is 10.9. The van der Waals surface area contributed by atoms with Crippen LogP contribution in [0.2, 0.25) is 0 Å². The van der Waals surface area contributed by atoms with Crippen LogP contribution in [0.5, 0.6) is 0 Å². The topological polar surface area (TPSA) is 44.8 Å². The van der Waals surface area contributed by atoms with Crippen molar-refractivity contribution in [2.45, 2.75) is 44.2 Å². The molecule has 10 rings (SSSR count). The molecule has 132 valence electrons. The van der Waals surface area contributed by atoms with Crippen molar-refractivity contribution >= 4 is 5.97 Å². The van der Waals surface area contributed by atoms with Gasteiger partial charge < -0.3 is 14.2 Å². The molecule has 0 aromatic heterocycles. The molecule has 0 amide bonds. The van der Waals surface area contributed by atoms with Crippen molar-refractivity contribution in [2.24, 2.45) is 70.0 Å². The van der Waals surface area contributed by atoms with Crippen LogP contribution in [0, 0.1) is 70.0 Å². The molecular formula is C21H24O4. The van der Waals surface area contributed by atoms with Crippen molar-refractivity contribution in [2.75, 3.05) is 7.11 Å². The fraction of sp³-hybridized carbons (Fsp3) is 0.952. The number of ether oxygens (including phenoxy) is 3. The van der Waals surface area contributed by atoms with Crippen molar-refractivity contribution in [3.05, 3.63) is 0 Å². The van der Waals surface area contributed by atoms with Gasteiger partial charge in [-0.25, -0.2) is 0 Å². The van der Waals surface area contributed by atoms with Gasteiger partial charge in [0.05, 0.1) is 11.5 Å². The molecule has 8 saturated carbocycles. The van der Waals surface area contributed by atoms with Gasteiger partial charge in [-0.15, -0.1) is 0 Å². The molecule has 0 unspecified atom stereocenters. The molecule has 10 fully saturated rings. The van der Waals surface area contributed by atoms with E-state index < -0.39 is 0 Å². The van der Waals surface area contributed by atoms with E-state index >= 15 is 0 Å². The predicted molar refractivity (Wildman–Crippen MR) is 83.8 cm³/mol. The zero-order chi connectivity index (χ0) is 16.0. The molecule has 2 heterocycles. The van der Waals surface area contributed by atoms with Crippen molar-refractivity contribution in [1.29, 1.82) is 0 Å². The molecule has 0 N–H and O–H groups in total. The Morgan fingerprint density at radius 2 is 1.60 bits per heavy atom. The number of carbonyl (C=O) groups excluding carboxylic acids is 1. The van der Waals surface area contributed by atoms with E-state index in [-0.39, 0.29) is 29.2 Å². The quantitative estimate of drug-likeness (QED) is 0.686. The van der Waals surface area contributed by atoms with Crippen LogP contribution in [-0.4, -0.2) is 31.6 Å². The van der Waals surface area contributed by atoms with Crippen molar-refractivity contribution in [3.8, 4) is 0 Å². The predicted octanol–water partition coefficient (Wildman–Crippen LogP) is 2.07. The Morgan fingerprint density at radius 1 is 0.880 bits per heavy atom. The number of hydrogen-bond acceptors (Lipinski definition) is 4. The fourth-order valence-corrected chi connectivity index (χ4v) is 12.5. The van der Waals surface area contributed by atoms with E-state index in [1.54, 1.807) is 0 Å². The van der Waals surface area contributed by atoms with Gasteiger partial charge >= 0.3 is 5.97 Å². The van der Waals surface area contributed by atoms with E-state index in [1.807, 2.05) is 7.11 Å². The molecule has 4 nitrogen and oxygen atoms in total. The summed E-state index contributed by atoms with van der Waals surface area (Å²) in [5.41, 5.74) is -0.251. The lowest BCUT2D eigenvalue weighted by molar-refractivity contribution is -0.341. The smallest absolute Gasteiger partial charge is 0.313 e. The number of hydrogen-bond donors (Lipinski definition) is 0. The minimum absolute atomic E-state index is 0.0258. The molecule has 8 bridgehead atoms. The van der Waals surface area contributed by atoms with E-state index in [4.69, 9.17) is 14.2 Å². The number of carbonyl (C=O) groups is 1. The molecule has 8 aliphatic carbocycles. The van der Waals surface area contributed by atoms with E-state index in [0.29, 0.717) is 35.7 Å². The normalized spacial score (nSPS) is 79.1. The SMILES string of the molecule is CO[C@H]1O[C@@H]2CC[C@@H]3[C@@H]2[C@H]2[C@H]4[C@H]5[C@H]6[C@H]7[C@H]8CC[C@@H]7OC(=O)[C@@]6([C@@H]34)[C@]12[C@H]85. The van der Waals surface area contributed by atoms with Gasteiger partial charge in [-0.1, -0.05) is 0 Å². The monoisotopic (exact) mass is 340 g/mol. The Labute approximate surface area is 146 Å². The molecule has 2 saturated heterocycles. The summed E-state index contributed by atoms with van der Waals surface area (Å²) in [6.07, 6.45) is 5.34. The lowest BCUT2D eigenvalue weighted by atomic mass is 9.42. The summed E-state index contributed by atoms with van der Waals surface area (Å²) in [5.74, 6) is 7.33. The van der Waals surface area contributed by atoms with Crippen LogP contribution in [0.3, 0.4) is 0 Å². The summed E-state index contributed by atoms with van der Waals surface area (Å²) >= 11 is 0. The highest BCUT2D eigenvalue weighted by atomic mass is 16.7. The Bertz CT molecular complexity index is 762. The zero-order valence-electron chi connectivity index (χ0n) is 14.5. The summed E-state index contributed by atoms with van der Waals surface area (Å²) in [6.45, 7) is 0. The van der Waals surface area contributed by atoms with Crippen LogP contribution < -0.4 is 0 Å². The molecule has 2 spiro atoms. The first-order valence-corrected chi connectivity index (χ1v) is 10.7. The van der Waals surface area contributed by atoms with Gasteiger partial charge in [0.1, 0.15) is 6.10 Å². The maximum atomic E-state index is 13.7. The van der Waals surface area contributed by atoms with Crippen molar-refractivity contribution in [1.82, 2.24) is 0 Å². The maximum absolute atomic E-state index is 13.7. The molecule has 15 atom stereocenters. The van der Waals surface area contributed by atoms with E-state index in [9.17, 15) is 4.79 Å². The Balaban J connectivity index is 1.42.